The molecule has 3 N–H and O–H groups in total. The summed E-state index contributed by atoms with van der Waals surface area (Å²) in [5.74, 6) is -1.83. The highest BCUT2D eigenvalue weighted by atomic mass is 19.1. The molecule has 4 atom stereocenters. The standard InChI is InChI=1S/C34H37F3N6O3/c1-3-23-26(36)8-7-19-11-22(44)12-24(27(19)23)29-28(37)30-25(14-39-29)32(43-15-20(31(38)45)6-5-18(43)2)41-33(40-30)46-17-34-9-4-10-42(34)16-21(35)13-34/h7-8,11-12,14,18,20-21,44H,3-6,9-10,13,15-17H2,1-2H3,(H2,38,45)/t18?,20?,21-,34+/m1/s1. The number of hydrogen-bond donors (Lipinski definition) is 2. The molecule has 3 saturated heterocycles. The van der Waals surface area contributed by atoms with Crippen LogP contribution in [-0.4, -0.2) is 74.9 Å². The fourth-order valence-corrected chi connectivity index (χ4v) is 7.81. The summed E-state index contributed by atoms with van der Waals surface area (Å²) in [5.41, 5.74) is 5.65. The highest BCUT2D eigenvalue weighted by molar-refractivity contribution is 6.01. The van der Waals surface area contributed by atoms with E-state index in [9.17, 15) is 18.7 Å². The van der Waals surface area contributed by atoms with Crippen molar-refractivity contribution in [2.24, 2.45) is 11.7 Å². The van der Waals surface area contributed by atoms with E-state index in [0.717, 1.165) is 19.4 Å². The van der Waals surface area contributed by atoms with Crippen LogP contribution in [0.2, 0.25) is 0 Å². The molecule has 0 aliphatic carbocycles. The number of anilines is 1. The number of piperidine rings is 1. The number of alkyl halides is 1. The number of phenols is 1. The van der Waals surface area contributed by atoms with E-state index < -0.39 is 35.2 Å². The highest BCUT2D eigenvalue weighted by Crippen LogP contribution is 2.42. The van der Waals surface area contributed by atoms with Crippen LogP contribution in [0.1, 0.15) is 51.5 Å². The number of amides is 1. The van der Waals surface area contributed by atoms with Crippen LogP contribution in [0, 0.1) is 17.6 Å². The molecule has 0 saturated carbocycles. The Labute approximate surface area is 264 Å². The molecule has 2 aromatic heterocycles. The normalized spacial score (nSPS) is 25.0. The van der Waals surface area contributed by atoms with Gasteiger partial charge in [-0.15, -0.1) is 0 Å². The predicted octanol–water partition coefficient (Wildman–Crippen LogP) is 5.44. The smallest absolute Gasteiger partial charge is 0.319 e. The number of pyridine rings is 1. The van der Waals surface area contributed by atoms with Gasteiger partial charge < -0.3 is 20.5 Å². The third kappa shape index (κ3) is 5.06. The van der Waals surface area contributed by atoms with Gasteiger partial charge in [0, 0.05) is 37.3 Å². The van der Waals surface area contributed by atoms with Crippen LogP contribution in [-0.2, 0) is 11.2 Å². The summed E-state index contributed by atoms with van der Waals surface area (Å²) in [6, 6.07) is 5.63. The summed E-state index contributed by atoms with van der Waals surface area (Å²) >= 11 is 0. The Morgan fingerprint density at radius 3 is 2.80 bits per heavy atom. The van der Waals surface area contributed by atoms with Gasteiger partial charge in [0.05, 0.1) is 16.8 Å². The molecule has 7 rings (SSSR count). The summed E-state index contributed by atoms with van der Waals surface area (Å²) in [7, 11) is 0. The SMILES string of the molecule is CCc1c(F)ccc2cc(O)cc(-c3ncc4c(N5CC(C(N)=O)CCC5C)nc(OC[C@@]56CCCN5C[C@H](F)C6)nc4c3F)c12. The van der Waals surface area contributed by atoms with Crippen LogP contribution in [0.15, 0.2) is 30.5 Å². The molecule has 9 nitrogen and oxygen atoms in total. The number of carbonyl (C=O) groups is 1. The van der Waals surface area contributed by atoms with Crippen LogP contribution < -0.4 is 15.4 Å². The number of fused-ring (bicyclic) bond motifs is 3. The second-order valence-corrected chi connectivity index (χ2v) is 13.0. The minimum atomic E-state index is -0.946. The number of nitrogens with zero attached hydrogens (tertiary/aromatic N) is 5. The molecule has 12 heteroatoms. The number of halogens is 3. The fraction of sp³-hybridized carbons (Fsp3) is 0.471. The van der Waals surface area contributed by atoms with Gasteiger partial charge in [0.1, 0.15) is 41.4 Å². The second-order valence-electron chi connectivity index (χ2n) is 13.0. The first kappa shape index (κ1) is 30.5. The van der Waals surface area contributed by atoms with Crippen molar-refractivity contribution >= 4 is 33.4 Å². The molecular formula is C34H37F3N6O3. The van der Waals surface area contributed by atoms with Crippen LogP contribution in [0.4, 0.5) is 19.0 Å². The van der Waals surface area contributed by atoms with Crippen molar-refractivity contribution in [3.8, 4) is 23.0 Å². The molecule has 3 aliphatic heterocycles. The number of aryl methyl sites for hydroxylation is 1. The van der Waals surface area contributed by atoms with Crippen molar-refractivity contribution in [1.29, 1.82) is 0 Å². The van der Waals surface area contributed by atoms with E-state index in [-0.39, 0.29) is 47.7 Å². The van der Waals surface area contributed by atoms with Crippen molar-refractivity contribution in [3.05, 3.63) is 47.7 Å². The van der Waals surface area contributed by atoms with E-state index in [1.165, 1.54) is 24.4 Å². The molecular weight excluding hydrogens is 597 g/mol. The maximum atomic E-state index is 16.9. The third-order valence-corrected chi connectivity index (χ3v) is 10.2. The molecule has 46 heavy (non-hydrogen) atoms. The molecule has 3 aliphatic rings. The van der Waals surface area contributed by atoms with Gasteiger partial charge in [-0.2, -0.15) is 9.97 Å². The number of hydrogen-bond acceptors (Lipinski definition) is 8. The lowest BCUT2D eigenvalue weighted by Crippen LogP contribution is -2.46. The second kappa shape index (κ2) is 11.6. The Kier molecular flexibility index (Phi) is 7.65. The first-order valence-electron chi connectivity index (χ1n) is 16.0. The van der Waals surface area contributed by atoms with Gasteiger partial charge in [0.15, 0.2) is 5.82 Å². The fourth-order valence-electron chi connectivity index (χ4n) is 7.81. The molecule has 2 unspecified atom stereocenters. The first-order valence-corrected chi connectivity index (χ1v) is 16.0. The Hall–Kier alpha value is -4.19. The Bertz CT molecular complexity index is 1860. The lowest BCUT2D eigenvalue weighted by Gasteiger charge is -2.38. The number of benzene rings is 2. The molecule has 0 bridgehead atoms. The number of ether oxygens (including phenoxy) is 1. The van der Waals surface area contributed by atoms with Crippen LogP contribution in [0.3, 0.4) is 0 Å². The quantitative estimate of drug-likeness (QED) is 0.276. The van der Waals surface area contributed by atoms with Crippen molar-refractivity contribution in [2.75, 3.05) is 31.1 Å². The largest absolute Gasteiger partial charge is 0.508 e. The molecule has 1 amide bonds. The molecule has 4 aromatic rings. The minimum absolute atomic E-state index is 0.0552. The zero-order chi connectivity index (χ0) is 32.3. The van der Waals surface area contributed by atoms with Crippen LogP contribution in [0.5, 0.6) is 11.8 Å². The van der Waals surface area contributed by atoms with Crippen molar-refractivity contribution < 1.29 is 27.8 Å². The summed E-state index contributed by atoms with van der Waals surface area (Å²) in [5, 5.41) is 11.9. The lowest BCUT2D eigenvalue weighted by molar-refractivity contribution is -0.122. The number of primary amides is 1. The average molecular weight is 635 g/mol. The first-order chi connectivity index (χ1) is 22.1. The van der Waals surface area contributed by atoms with Gasteiger partial charge in [-0.3, -0.25) is 14.7 Å². The number of nitrogens with two attached hydrogens (primary N) is 1. The predicted molar refractivity (Wildman–Crippen MR) is 169 cm³/mol. The summed E-state index contributed by atoms with van der Waals surface area (Å²) in [4.78, 5) is 30.0. The number of aromatic hydroxyl groups is 1. The van der Waals surface area contributed by atoms with Gasteiger partial charge in [0.25, 0.3) is 0 Å². The van der Waals surface area contributed by atoms with Gasteiger partial charge in [0.2, 0.25) is 5.91 Å². The van der Waals surface area contributed by atoms with E-state index in [0.29, 0.717) is 59.8 Å². The zero-order valence-corrected chi connectivity index (χ0v) is 25.9. The maximum absolute atomic E-state index is 16.9. The monoisotopic (exact) mass is 634 g/mol. The molecule has 3 fully saturated rings. The maximum Gasteiger partial charge on any atom is 0.319 e. The molecule has 5 heterocycles. The van der Waals surface area contributed by atoms with Gasteiger partial charge in [-0.25, -0.2) is 13.2 Å². The minimum Gasteiger partial charge on any atom is -0.508 e. The number of carbonyl (C=O) groups excluding carboxylic acids is 1. The molecule has 0 spiro atoms. The Balaban J connectivity index is 1.39. The van der Waals surface area contributed by atoms with E-state index >= 15 is 4.39 Å². The Morgan fingerprint density at radius 1 is 1.20 bits per heavy atom. The highest BCUT2D eigenvalue weighted by Gasteiger charge is 2.49. The van der Waals surface area contributed by atoms with Gasteiger partial charge in [-0.1, -0.05) is 13.0 Å². The van der Waals surface area contributed by atoms with Crippen molar-refractivity contribution in [2.45, 2.75) is 70.1 Å². The molecule has 242 valence electrons. The molecule has 2 aromatic carbocycles. The van der Waals surface area contributed by atoms with Crippen LogP contribution >= 0.6 is 0 Å². The van der Waals surface area contributed by atoms with Gasteiger partial charge in [-0.05, 0) is 80.1 Å². The Morgan fingerprint density at radius 2 is 2.02 bits per heavy atom. The summed E-state index contributed by atoms with van der Waals surface area (Å²) in [6.45, 7) is 5.38. The summed E-state index contributed by atoms with van der Waals surface area (Å²) < 4.78 is 52.5. The average Bonchev–Trinajstić information content (AvgIpc) is 3.55. The number of aromatic nitrogens is 3. The van der Waals surface area contributed by atoms with E-state index in [4.69, 9.17) is 15.5 Å². The van der Waals surface area contributed by atoms with Crippen molar-refractivity contribution in [3.63, 3.8) is 0 Å². The third-order valence-electron chi connectivity index (χ3n) is 10.2. The molecule has 0 radical (unpaired) electrons. The van der Waals surface area contributed by atoms with Crippen molar-refractivity contribution in [1.82, 2.24) is 19.9 Å². The summed E-state index contributed by atoms with van der Waals surface area (Å²) in [6.07, 6.45) is 4.21. The lowest BCUT2D eigenvalue weighted by atomic mass is 9.92. The van der Waals surface area contributed by atoms with E-state index in [1.54, 1.807) is 13.0 Å². The van der Waals surface area contributed by atoms with E-state index in [2.05, 4.69) is 14.9 Å². The van der Waals surface area contributed by atoms with E-state index in [1.807, 2.05) is 11.8 Å². The van der Waals surface area contributed by atoms with Gasteiger partial charge >= 0.3 is 6.01 Å². The van der Waals surface area contributed by atoms with Crippen LogP contribution in [0.25, 0.3) is 32.9 Å². The topological polar surface area (TPSA) is 118 Å². The number of rotatable bonds is 7. The zero-order valence-electron chi connectivity index (χ0n) is 25.9. The number of phenolic OH excluding ortho intramolecular Hbond substituents is 1.